The van der Waals surface area contributed by atoms with Gasteiger partial charge in [-0.1, -0.05) is 28.1 Å². The smallest absolute Gasteiger partial charge is 0.146 e. The van der Waals surface area contributed by atoms with E-state index in [2.05, 4.69) is 21.2 Å². The lowest BCUT2D eigenvalue weighted by molar-refractivity contribution is 0.625. The highest BCUT2D eigenvalue weighted by atomic mass is 79.9. The predicted molar refractivity (Wildman–Crippen MR) is 72.6 cm³/mol. The zero-order valence-electron chi connectivity index (χ0n) is 9.81. The van der Waals surface area contributed by atoms with Crippen LogP contribution in [0.3, 0.4) is 0 Å². The van der Waals surface area contributed by atoms with E-state index in [4.69, 9.17) is 0 Å². The SMILES string of the molecule is Cc1ccc(F)c(NCc2ccc(F)cc2Br)c1. The van der Waals surface area contributed by atoms with Gasteiger partial charge in [0.2, 0.25) is 0 Å². The standard InChI is InChI=1S/C14H12BrF2N/c1-9-2-5-13(17)14(6-9)18-8-10-3-4-11(16)7-12(10)15/h2-7,18H,8H2,1H3. The summed E-state index contributed by atoms with van der Waals surface area (Å²) in [5, 5.41) is 3.00. The van der Waals surface area contributed by atoms with Gasteiger partial charge in [0.15, 0.2) is 0 Å². The van der Waals surface area contributed by atoms with Gasteiger partial charge in [-0.15, -0.1) is 0 Å². The largest absolute Gasteiger partial charge is 0.379 e. The van der Waals surface area contributed by atoms with Crippen molar-refractivity contribution in [3.05, 3.63) is 63.6 Å². The van der Waals surface area contributed by atoms with Gasteiger partial charge < -0.3 is 5.32 Å². The Morgan fingerprint density at radius 3 is 2.61 bits per heavy atom. The molecule has 0 heterocycles. The van der Waals surface area contributed by atoms with Gasteiger partial charge in [0, 0.05) is 11.0 Å². The van der Waals surface area contributed by atoms with Crippen LogP contribution in [-0.4, -0.2) is 0 Å². The Morgan fingerprint density at radius 1 is 1.11 bits per heavy atom. The van der Waals surface area contributed by atoms with Crippen LogP contribution in [-0.2, 0) is 6.54 Å². The third kappa shape index (κ3) is 3.07. The van der Waals surface area contributed by atoms with Gasteiger partial charge in [0.05, 0.1) is 5.69 Å². The summed E-state index contributed by atoms with van der Waals surface area (Å²) in [7, 11) is 0. The molecule has 0 saturated heterocycles. The van der Waals surface area contributed by atoms with Gasteiger partial charge in [-0.2, -0.15) is 0 Å². The van der Waals surface area contributed by atoms with Crippen LogP contribution < -0.4 is 5.32 Å². The fourth-order valence-electron chi connectivity index (χ4n) is 1.63. The molecule has 0 aliphatic rings. The molecule has 0 saturated carbocycles. The van der Waals surface area contributed by atoms with Crippen molar-refractivity contribution in [3.63, 3.8) is 0 Å². The molecular weight excluding hydrogens is 300 g/mol. The van der Waals surface area contributed by atoms with Crippen molar-refractivity contribution in [2.24, 2.45) is 0 Å². The third-order valence-corrected chi connectivity index (χ3v) is 3.34. The van der Waals surface area contributed by atoms with Crippen molar-refractivity contribution in [2.45, 2.75) is 13.5 Å². The summed E-state index contributed by atoms with van der Waals surface area (Å²) < 4.78 is 27.1. The maximum atomic E-state index is 13.5. The Balaban J connectivity index is 2.13. The van der Waals surface area contributed by atoms with Crippen LogP contribution >= 0.6 is 15.9 Å². The first-order chi connectivity index (χ1) is 8.56. The lowest BCUT2D eigenvalue weighted by atomic mass is 10.2. The summed E-state index contributed by atoms with van der Waals surface area (Å²) in [6.07, 6.45) is 0. The van der Waals surface area contributed by atoms with Crippen molar-refractivity contribution in [1.29, 1.82) is 0 Å². The fourth-order valence-corrected chi connectivity index (χ4v) is 2.12. The highest BCUT2D eigenvalue weighted by Gasteiger charge is 2.04. The number of rotatable bonds is 3. The first-order valence-electron chi connectivity index (χ1n) is 5.50. The first-order valence-corrected chi connectivity index (χ1v) is 6.29. The minimum atomic E-state index is -0.299. The van der Waals surface area contributed by atoms with E-state index in [0.717, 1.165) is 11.1 Å². The molecule has 2 aromatic rings. The molecule has 2 aromatic carbocycles. The molecule has 0 unspecified atom stereocenters. The Kier molecular flexibility index (Phi) is 3.97. The monoisotopic (exact) mass is 311 g/mol. The number of anilines is 1. The maximum Gasteiger partial charge on any atom is 0.146 e. The molecule has 1 N–H and O–H groups in total. The van der Waals surface area contributed by atoms with Gasteiger partial charge >= 0.3 is 0 Å². The van der Waals surface area contributed by atoms with Crippen LogP contribution in [0.25, 0.3) is 0 Å². The number of aryl methyl sites for hydroxylation is 1. The third-order valence-electron chi connectivity index (χ3n) is 2.61. The minimum absolute atomic E-state index is 0.293. The van der Waals surface area contributed by atoms with Gasteiger partial charge in [-0.05, 0) is 42.3 Å². The summed E-state index contributed by atoms with van der Waals surface area (Å²) in [5.74, 6) is -0.591. The van der Waals surface area contributed by atoms with Crippen molar-refractivity contribution in [1.82, 2.24) is 0 Å². The van der Waals surface area contributed by atoms with Crippen molar-refractivity contribution >= 4 is 21.6 Å². The summed E-state index contributed by atoms with van der Waals surface area (Å²) in [4.78, 5) is 0. The molecule has 2 rings (SSSR count). The molecule has 0 radical (unpaired) electrons. The molecule has 94 valence electrons. The van der Waals surface area contributed by atoms with Crippen LogP contribution in [0, 0.1) is 18.6 Å². The molecule has 4 heteroatoms. The summed E-state index contributed by atoms with van der Waals surface area (Å²) in [5.41, 5.74) is 2.31. The second-order valence-electron chi connectivity index (χ2n) is 4.07. The summed E-state index contributed by atoms with van der Waals surface area (Å²) >= 11 is 3.28. The van der Waals surface area contributed by atoms with Gasteiger partial charge in [0.1, 0.15) is 11.6 Å². The summed E-state index contributed by atoms with van der Waals surface area (Å²) in [6.45, 7) is 2.33. The van der Waals surface area contributed by atoms with E-state index in [1.54, 1.807) is 18.2 Å². The number of hydrogen-bond acceptors (Lipinski definition) is 1. The number of hydrogen-bond donors (Lipinski definition) is 1. The molecule has 1 nitrogen and oxygen atoms in total. The Morgan fingerprint density at radius 2 is 1.89 bits per heavy atom. The molecule has 0 aliphatic heterocycles. The average molecular weight is 312 g/mol. The van der Waals surface area contributed by atoms with E-state index in [-0.39, 0.29) is 11.6 Å². The summed E-state index contributed by atoms with van der Waals surface area (Å²) in [6, 6.07) is 9.33. The highest BCUT2D eigenvalue weighted by Crippen LogP contribution is 2.21. The predicted octanol–water partition coefficient (Wildman–Crippen LogP) is 4.65. The van der Waals surface area contributed by atoms with Crippen LogP contribution in [0.5, 0.6) is 0 Å². The van der Waals surface area contributed by atoms with E-state index in [0.29, 0.717) is 16.7 Å². The molecular formula is C14H12BrF2N. The highest BCUT2D eigenvalue weighted by molar-refractivity contribution is 9.10. The molecule has 0 fully saturated rings. The van der Waals surface area contributed by atoms with Crippen LogP contribution in [0.2, 0.25) is 0 Å². The zero-order valence-corrected chi connectivity index (χ0v) is 11.4. The maximum absolute atomic E-state index is 13.5. The molecule has 0 aromatic heterocycles. The van der Waals surface area contributed by atoms with Crippen LogP contribution in [0.1, 0.15) is 11.1 Å². The molecule has 0 amide bonds. The van der Waals surface area contributed by atoms with E-state index in [1.165, 1.54) is 18.2 Å². The Hall–Kier alpha value is -1.42. The molecule has 0 spiro atoms. The topological polar surface area (TPSA) is 12.0 Å². The normalized spacial score (nSPS) is 10.4. The second kappa shape index (κ2) is 5.48. The zero-order chi connectivity index (χ0) is 13.1. The Labute approximate surface area is 113 Å². The molecule has 0 bridgehead atoms. The molecule has 18 heavy (non-hydrogen) atoms. The fraction of sp³-hybridized carbons (Fsp3) is 0.143. The lowest BCUT2D eigenvalue weighted by Gasteiger charge is -2.10. The first kappa shape index (κ1) is 13.0. The van der Waals surface area contributed by atoms with Crippen molar-refractivity contribution in [3.8, 4) is 0 Å². The van der Waals surface area contributed by atoms with Crippen molar-refractivity contribution < 1.29 is 8.78 Å². The number of halogens is 3. The van der Waals surface area contributed by atoms with E-state index >= 15 is 0 Å². The quantitative estimate of drug-likeness (QED) is 0.870. The molecule has 0 aliphatic carbocycles. The van der Waals surface area contributed by atoms with Gasteiger partial charge in [-0.3, -0.25) is 0 Å². The average Bonchev–Trinajstić information content (AvgIpc) is 2.32. The van der Waals surface area contributed by atoms with Crippen LogP contribution in [0.4, 0.5) is 14.5 Å². The van der Waals surface area contributed by atoms with Crippen molar-refractivity contribution in [2.75, 3.05) is 5.32 Å². The van der Waals surface area contributed by atoms with E-state index in [1.807, 2.05) is 6.92 Å². The number of benzene rings is 2. The molecule has 0 atom stereocenters. The second-order valence-corrected chi connectivity index (χ2v) is 4.93. The van der Waals surface area contributed by atoms with Crippen LogP contribution in [0.15, 0.2) is 40.9 Å². The van der Waals surface area contributed by atoms with E-state index in [9.17, 15) is 8.78 Å². The lowest BCUT2D eigenvalue weighted by Crippen LogP contribution is -2.02. The minimum Gasteiger partial charge on any atom is -0.379 e. The van der Waals surface area contributed by atoms with Gasteiger partial charge in [-0.25, -0.2) is 8.78 Å². The van der Waals surface area contributed by atoms with E-state index < -0.39 is 0 Å². The number of nitrogens with one attached hydrogen (secondary N) is 1. The van der Waals surface area contributed by atoms with Gasteiger partial charge in [0.25, 0.3) is 0 Å². The Bertz CT molecular complexity index is 570.